The van der Waals surface area contributed by atoms with Crippen molar-refractivity contribution < 1.29 is 5.11 Å². The Morgan fingerprint density at radius 2 is 1.76 bits per heavy atom. The summed E-state index contributed by atoms with van der Waals surface area (Å²) >= 11 is 0. The van der Waals surface area contributed by atoms with E-state index in [1.54, 1.807) is 0 Å². The second-order valence-electron chi connectivity index (χ2n) is 7.10. The second-order valence-corrected chi connectivity index (χ2v) is 7.10. The molecular weight excluding hydrogens is 308 g/mol. The minimum atomic E-state index is 0.265. The minimum Gasteiger partial charge on any atom is -0.396 e. The molecule has 1 aliphatic heterocycles. The fourth-order valence-electron chi connectivity index (χ4n) is 3.73. The van der Waals surface area contributed by atoms with E-state index < -0.39 is 0 Å². The summed E-state index contributed by atoms with van der Waals surface area (Å²) in [6.45, 7) is 7.79. The molecule has 1 N–H and O–H groups in total. The van der Waals surface area contributed by atoms with Crippen LogP contribution in [0.3, 0.4) is 0 Å². The Bertz CT molecular complexity index is 643. The van der Waals surface area contributed by atoms with Gasteiger partial charge in [-0.1, -0.05) is 54.6 Å². The van der Waals surface area contributed by atoms with Gasteiger partial charge in [0.05, 0.1) is 0 Å². The zero-order valence-corrected chi connectivity index (χ0v) is 15.3. The SMILES string of the molecule is Cc1ccccc1CN1CCN(CCc2ccccc2)C[C@H]1CCO. The number of benzene rings is 2. The number of piperazine rings is 1. The molecule has 0 radical (unpaired) electrons. The number of hydrogen-bond donors (Lipinski definition) is 1. The number of rotatable bonds is 7. The third kappa shape index (κ3) is 5.15. The van der Waals surface area contributed by atoms with Gasteiger partial charge in [0.1, 0.15) is 0 Å². The normalized spacial score (nSPS) is 19.2. The van der Waals surface area contributed by atoms with Gasteiger partial charge in [-0.2, -0.15) is 0 Å². The Labute approximate surface area is 151 Å². The predicted octanol–water partition coefficient (Wildman–Crippen LogP) is 3.11. The molecule has 1 atom stereocenters. The summed E-state index contributed by atoms with van der Waals surface area (Å²) < 4.78 is 0. The molecule has 1 fully saturated rings. The molecule has 3 heteroatoms. The Hall–Kier alpha value is -1.68. The van der Waals surface area contributed by atoms with Crippen LogP contribution >= 0.6 is 0 Å². The molecular formula is C22H30N2O. The van der Waals surface area contributed by atoms with Crippen LogP contribution in [0.1, 0.15) is 23.1 Å². The van der Waals surface area contributed by atoms with E-state index in [1.807, 2.05) is 0 Å². The van der Waals surface area contributed by atoms with E-state index in [4.69, 9.17) is 0 Å². The van der Waals surface area contributed by atoms with Crippen molar-refractivity contribution in [2.45, 2.75) is 32.4 Å². The Kier molecular flexibility index (Phi) is 6.62. The van der Waals surface area contributed by atoms with Crippen molar-refractivity contribution in [3.8, 4) is 0 Å². The van der Waals surface area contributed by atoms with E-state index >= 15 is 0 Å². The molecule has 3 nitrogen and oxygen atoms in total. The second kappa shape index (κ2) is 9.14. The molecule has 0 saturated carbocycles. The van der Waals surface area contributed by atoms with Gasteiger partial charge in [0.2, 0.25) is 0 Å². The van der Waals surface area contributed by atoms with Crippen LogP contribution in [0.4, 0.5) is 0 Å². The monoisotopic (exact) mass is 338 g/mol. The average molecular weight is 338 g/mol. The van der Waals surface area contributed by atoms with Crippen molar-refractivity contribution in [3.63, 3.8) is 0 Å². The van der Waals surface area contributed by atoms with E-state index in [9.17, 15) is 5.11 Å². The third-order valence-electron chi connectivity index (χ3n) is 5.35. The van der Waals surface area contributed by atoms with Crippen molar-refractivity contribution in [2.24, 2.45) is 0 Å². The number of aryl methyl sites for hydroxylation is 1. The molecule has 2 aromatic carbocycles. The van der Waals surface area contributed by atoms with Gasteiger partial charge in [0.25, 0.3) is 0 Å². The van der Waals surface area contributed by atoms with E-state index in [0.717, 1.165) is 45.6 Å². The molecule has 1 heterocycles. The summed E-state index contributed by atoms with van der Waals surface area (Å²) in [5.74, 6) is 0. The highest BCUT2D eigenvalue weighted by Crippen LogP contribution is 2.18. The summed E-state index contributed by atoms with van der Waals surface area (Å²) in [6.07, 6.45) is 1.96. The lowest BCUT2D eigenvalue weighted by Gasteiger charge is -2.41. The molecule has 0 unspecified atom stereocenters. The molecule has 134 valence electrons. The van der Waals surface area contributed by atoms with Crippen LogP contribution in [0.25, 0.3) is 0 Å². The standard InChI is InChI=1S/C22H30N2O/c1-19-7-5-6-10-21(19)17-24-15-14-23(18-22(24)12-16-25)13-11-20-8-3-2-4-9-20/h2-10,22,25H,11-18H2,1H3/t22-/m1/s1. The lowest BCUT2D eigenvalue weighted by Crippen LogP contribution is -2.53. The largest absolute Gasteiger partial charge is 0.396 e. The molecule has 0 amide bonds. The highest BCUT2D eigenvalue weighted by Gasteiger charge is 2.26. The van der Waals surface area contributed by atoms with E-state index in [1.165, 1.54) is 16.7 Å². The fourth-order valence-corrected chi connectivity index (χ4v) is 3.73. The summed E-state index contributed by atoms with van der Waals surface area (Å²) in [6, 6.07) is 19.8. The van der Waals surface area contributed by atoms with Crippen LogP contribution in [-0.4, -0.2) is 53.7 Å². The minimum absolute atomic E-state index is 0.265. The summed E-state index contributed by atoms with van der Waals surface area (Å²) in [5.41, 5.74) is 4.17. The molecule has 25 heavy (non-hydrogen) atoms. The average Bonchev–Trinajstić information content (AvgIpc) is 2.65. The van der Waals surface area contributed by atoms with E-state index in [0.29, 0.717) is 6.04 Å². The first-order valence-electron chi connectivity index (χ1n) is 9.42. The van der Waals surface area contributed by atoms with Crippen LogP contribution in [-0.2, 0) is 13.0 Å². The molecule has 2 aromatic rings. The Morgan fingerprint density at radius 3 is 2.52 bits per heavy atom. The van der Waals surface area contributed by atoms with Crippen molar-refractivity contribution >= 4 is 0 Å². The molecule has 1 aliphatic rings. The summed E-state index contributed by atoms with van der Waals surface area (Å²) in [5, 5.41) is 9.51. The lowest BCUT2D eigenvalue weighted by atomic mass is 10.0. The van der Waals surface area contributed by atoms with Crippen molar-refractivity contribution in [1.82, 2.24) is 9.80 Å². The van der Waals surface area contributed by atoms with Gasteiger partial charge < -0.3 is 10.0 Å². The quantitative estimate of drug-likeness (QED) is 0.840. The zero-order chi connectivity index (χ0) is 17.5. The Balaban J connectivity index is 1.57. The van der Waals surface area contributed by atoms with Gasteiger partial charge >= 0.3 is 0 Å². The van der Waals surface area contributed by atoms with Crippen LogP contribution in [0.5, 0.6) is 0 Å². The van der Waals surface area contributed by atoms with Crippen LogP contribution in [0, 0.1) is 6.92 Å². The topological polar surface area (TPSA) is 26.7 Å². The maximum absolute atomic E-state index is 9.51. The lowest BCUT2D eigenvalue weighted by molar-refractivity contribution is 0.0542. The first-order chi connectivity index (χ1) is 12.3. The molecule has 1 saturated heterocycles. The van der Waals surface area contributed by atoms with Crippen LogP contribution < -0.4 is 0 Å². The van der Waals surface area contributed by atoms with Gasteiger partial charge in [-0.3, -0.25) is 4.90 Å². The first-order valence-corrected chi connectivity index (χ1v) is 9.42. The molecule has 0 aliphatic carbocycles. The number of hydrogen-bond acceptors (Lipinski definition) is 3. The van der Waals surface area contributed by atoms with Gasteiger partial charge in [0, 0.05) is 45.4 Å². The Morgan fingerprint density at radius 1 is 1.00 bits per heavy atom. The zero-order valence-electron chi connectivity index (χ0n) is 15.3. The number of aliphatic hydroxyl groups excluding tert-OH is 1. The summed E-state index contributed by atoms with van der Waals surface area (Å²) in [7, 11) is 0. The first kappa shape index (κ1) is 18.1. The third-order valence-corrected chi connectivity index (χ3v) is 5.35. The molecule has 3 rings (SSSR count). The van der Waals surface area contributed by atoms with E-state index in [2.05, 4.69) is 71.3 Å². The highest BCUT2D eigenvalue weighted by molar-refractivity contribution is 5.25. The molecule has 0 spiro atoms. The van der Waals surface area contributed by atoms with Crippen molar-refractivity contribution in [2.75, 3.05) is 32.8 Å². The van der Waals surface area contributed by atoms with E-state index in [-0.39, 0.29) is 6.61 Å². The van der Waals surface area contributed by atoms with Gasteiger partial charge in [-0.05, 0) is 36.5 Å². The van der Waals surface area contributed by atoms with Crippen molar-refractivity contribution in [1.29, 1.82) is 0 Å². The van der Waals surface area contributed by atoms with Gasteiger partial charge in [0.15, 0.2) is 0 Å². The maximum Gasteiger partial charge on any atom is 0.0446 e. The van der Waals surface area contributed by atoms with Gasteiger partial charge in [-0.15, -0.1) is 0 Å². The predicted molar refractivity (Wildman–Crippen MR) is 104 cm³/mol. The number of aliphatic hydroxyl groups is 1. The van der Waals surface area contributed by atoms with Crippen LogP contribution in [0.2, 0.25) is 0 Å². The summed E-state index contributed by atoms with van der Waals surface area (Å²) in [4.78, 5) is 5.11. The fraction of sp³-hybridized carbons (Fsp3) is 0.455. The maximum atomic E-state index is 9.51. The smallest absolute Gasteiger partial charge is 0.0446 e. The van der Waals surface area contributed by atoms with Crippen LogP contribution in [0.15, 0.2) is 54.6 Å². The number of nitrogens with zero attached hydrogens (tertiary/aromatic N) is 2. The van der Waals surface area contributed by atoms with Gasteiger partial charge in [-0.25, -0.2) is 0 Å². The molecule has 0 aromatic heterocycles. The molecule has 0 bridgehead atoms. The highest BCUT2D eigenvalue weighted by atomic mass is 16.3. The van der Waals surface area contributed by atoms with Crippen molar-refractivity contribution in [3.05, 3.63) is 71.3 Å².